The lowest BCUT2D eigenvalue weighted by Gasteiger charge is -1.81. The van der Waals surface area contributed by atoms with Gasteiger partial charge in [0.1, 0.15) is 0 Å². The first kappa shape index (κ1) is 21.5. The fourth-order valence-corrected chi connectivity index (χ4v) is 2.64. The van der Waals surface area contributed by atoms with Crippen LogP contribution < -0.4 is 0 Å². The van der Waals surface area contributed by atoms with Gasteiger partial charge in [0.15, 0.2) is 0 Å². The smallest absolute Gasteiger partial charge is 0.205 e. The third-order valence-electron chi connectivity index (χ3n) is 3.85. The minimum atomic E-state index is 1.06. The molecule has 0 N–H and O–H groups in total. The summed E-state index contributed by atoms with van der Waals surface area (Å²) in [5, 5.41) is 8.05. The van der Waals surface area contributed by atoms with Gasteiger partial charge in [-0.1, -0.05) is 42.5 Å². The lowest BCUT2D eigenvalue weighted by Crippen LogP contribution is -1.84. The molecule has 3 heterocycles. The molecule has 3 aromatic heterocycles. The Bertz CT molecular complexity index is 1020. The SMILES string of the molecule is Cn1cc2ccccc2c1.Cn1cc2ccccc2n1.Cn1ccnc1.[C-]#[N+]C. The van der Waals surface area contributed by atoms with E-state index in [-0.39, 0.29) is 0 Å². The van der Waals surface area contributed by atoms with Crippen LogP contribution in [-0.2, 0) is 21.1 Å². The summed E-state index contributed by atoms with van der Waals surface area (Å²) in [7, 11) is 7.33. The molecule has 0 radical (unpaired) electrons. The molecule has 0 saturated heterocycles. The predicted molar refractivity (Wildman–Crippen MR) is 119 cm³/mol. The van der Waals surface area contributed by atoms with E-state index in [1.807, 2.05) is 61.0 Å². The molecule has 0 saturated carbocycles. The van der Waals surface area contributed by atoms with Crippen molar-refractivity contribution in [2.45, 2.75) is 0 Å². The van der Waals surface area contributed by atoms with E-state index in [9.17, 15) is 0 Å². The second kappa shape index (κ2) is 11.1. The summed E-state index contributed by atoms with van der Waals surface area (Å²) in [6, 6.07) is 16.4. The number of benzene rings is 2. The highest BCUT2D eigenvalue weighted by molar-refractivity contribution is 5.82. The largest absolute Gasteiger partial charge is 0.356 e. The fraction of sp³-hybridized carbons (Fsp3) is 0.174. The molecule has 0 aliphatic rings. The van der Waals surface area contributed by atoms with Crippen molar-refractivity contribution >= 4 is 21.7 Å². The molecule has 5 aromatic rings. The summed E-state index contributed by atoms with van der Waals surface area (Å²) in [5.74, 6) is 0. The van der Waals surface area contributed by atoms with Crippen LogP contribution in [0, 0.1) is 6.57 Å². The summed E-state index contributed by atoms with van der Waals surface area (Å²) in [6.07, 6.45) is 11.6. The van der Waals surface area contributed by atoms with Crippen LogP contribution in [0.25, 0.3) is 26.5 Å². The monoisotopic (exact) mass is 386 g/mol. The van der Waals surface area contributed by atoms with Crippen LogP contribution in [0.2, 0.25) is 0 Å². The Labute approximate surface area is 171 Å². The van der Waals surface area contributed by atoms with Gasteiger partial charge in [-0.15, -0.1) is 0 Å². The first-order chi connectivity index (χ1) is 14.0. The van der Waals surface area contributed by atoms with Gasteiger partial charge in [0, 0.05) is 57.5 Å². The third-order valence-corrected chi connectivity index (χ3v) is 3.85. The highest BCUT2D eigenvalue weighted by Gasteiger charge is 1.93. The van der Waals surface area contributed by atoms with E-state index in [1.165, 1.54) is 23.2 Å². The molecular weight excluding hydrogens is 360 g/mol. The second-order valence-corrected chi connectivity index (χ2v) is 6.37. The number of rotatable bonds is 0. The number of aromatic nitrogens is 5. The van der Waals surface area contributed by atoms with Gasteiger partial charge in [-0.05, 0) is 16.8 Å². The molecule has 0 aliphatic heterocycles. The molecule has 0 amide bonds. The summed E-state index contributed by atoms with van der Waals surface area (Å²) in [4.78, 5) is 6.53. The summed E-state index contributed by atoms with van der Waals surface area (Å²) in [6.45, 7) is 5.83. The van der Waals surface area contributed by atoms with Gasteiger partial charge in [-0.2, -0.15) is 5.10 Å². The minimum absolute atomic E-state index is 1.06. The molecule has 6 nitrogen and oxygen atoms in total. The molecular formula is C23H26N6. The topological polar surface area (TPSA) is 44.9 Å². The Morgan fingerprint density at radius 3 is 1.79 bits per heavy atom. The van der Waals surface area contributed by atoms with Gasteiger partial charge in [0.2, 0.25) is 7.05 Å². The summed E-state index contributed by atoms with van der Waals surface area (Å²) < 4.78 is 5.79. The van der Waals surface area contributed by atoms with E-state index in [0.29, 0.717) is 0 Å². The third kappa shape index (κ3) is 7.00. The van der Waals surface area contributed by atoms with Crippen molar-refractivity contribution in [1.82, 2.24) is 23.9 Å². The Morgan fingerprint density at radius 2 is 1.34 bits per heavy atom. The molecule has 148 valence electrons. The maximum absolute atomic E-state index is 5.83. The zero-order valence-electron chi connectivity index (χ0n) is 17.3. The van der Waals surface area contributed by atoms with Crippen LogP contribution >= 0.6 is 0 Å². The van der Waals surface area contributed by atoms with Crippen LogP contribution in [0.5, 0.6) is 0 Å². The Kier molecular flexibility index (Phi) is 8.21. The summed E-state index contributed by atoms with van der Waals surface area (Å²) >= 11 is 0. The van der Waals surface area contributed by atoms with Crippen molar-refractivity contribution in [3.05, 3.63) is 97.3 Å². The molecule has 0 spiro atoms. The Morgan fingerprint density at radius 1 is 0.793 bits per heavy atom. The molecule has 29 heavy (non-hydrogen) atoms. The van der Waals surface area contributed by atoms with Gasteiger partial charge < -0.3 is 14.0 Å². The molecule has 0 bridgehead atoms. The van der Waals surface area contributed by atoms with Gasteiger partial charge in [0.05, 0.1) is 11.8 Å². The molecule has 6 heteroatoms. The molecule has 2 aromatic carbocycles. The van der Waals surface area contributed by atoms with E-state index in [0.717, 1.165) is 5.52 Å². The average Bonchev–Trinajstić information content (AvgIpc) is 3.41. The van der Waals surface area contributed by atoms with Crippen molar-refractivity contribution in [3.8, 4) is 0 Å². The van der Waals surface area contributed by atoms with Crippen LogP contribution in [0.3, 0.4) is 0 Å². The highest BCUT2D eigenvalue weighted by Crippen LogP contribution is 2.12. The zero-order chi connectivity index (χ0) is 21.1. The quantitative estimate of drug-likeness (QED) is 0.362. The molecule has 0 unspecified atom stereocenters. The van der Waals surface area contributed by atoms with Crippen molar-refractivity contribution in [3.63, 3.8) is 0 Å². The Hall–Kier alpha value is -3.85. The van der Waals surface area contributed by atoms with Gasteiger partial charge in [-0.25, -0.2) is 11.6 Å². The van der Waals surface area contributed by atoms with Crippen molar-refractivity contribution < 1.29 is 0 Å². The average molecular weight is 387 g/mol. The number of imidazole rings is 1. The van der Waals surface area contributed by atoms with E-state index in [1.54, 1.807) is 12.5 Å². The van der Waals surface area contributed by atoms with Gasteiger partial charge >= 0.3 is 0 Å². The number of aryl methyl sites for hydroxylation is 3. The lowest BCUT2D eigenvalue weighted by atomic mass is 10.2. The highest BCUT2D eigenvalue weighted by atomic mass is 15.2. The van der Waals surface area contributed by atoms with E-state index in [4.69, 9.17) is 6.57 Å². The van der Waals surface area contributed by atoms with Crippen molar-refractivity contribution in [2.24, 2.45) is 21.1 Å². The Balaban J connectivity index is 0.000000150. The second-order valence-electron chi connectivity index (χ2n) is 6.37. The van der Waals surface area contributed by atoms with Crippen molar-refractivity contribution in [1.29, 1.82) is 0 Å². The zero-order valence-corrected chi connectivity index (χ0v) is 17.3. The normalized spacial score (nSPS) is 9.34. The maximum Gasteiger partial charge on any atom is 0.205 e. The van der Waals surface area contributed by atoms with E-state index >= 15 is 0 Å². The molecule has 0 fully saturated rings. The molecule has 0 atom stereocenters. The lowest BCUT2D eigenvalue weighted by molar-refractivity contribution is 0.780. The predicted octanol–water partition coefficient (Wildman–Crippen LogP) is 4.71. The van der Waals surface area contributed by atoms with E-state index in [2.05, 4.69) is 62.2 Å². The van der Waals surface area contributed by atoms with Crippen LogP contribution in [-0.4, -0.2) is 30.9 Å². The van der Waals surface area contributed by atoms with E-state index < -0.39 is 0 Å². The minimum Gasteiger partial charge on any atom is -0.356 e. The number of fused-ring (bicyclic) bond motifs is 2. The van der Waals surface area contributed by atoms with Gasteiger partial charge in [0.25, 0.3) is 0 Å². The number of hydrogen-bond donors (Lipinski definition) is 0. The fourth-order valence-electron chi connectivity index (χ4n) is 2.64. The number of nitrogens with zero attached hydrogens (tertiary/aromatic N) is 6. The molecule has 5 rings (SSSR count). The molecule has 0 aliphatic carbocycles. The maximum atomic E-state index is 5.83. The first-order valence-electron chi connectivity index (χ1n) is 9.10. The first-order valence-corrected chi connectivity index (χ1v) is 9.10. The summed E-state index contributed by atoms with van der Waals surface area (Å²) in [5.41, 5.74) is 1.06. The van der Waals surface area contributed by atoms with Gasteiger partial charge in [-0.3, -0.25) is 4.68 Å². The number of hydrogen-bond acceptors (Lipinski definition) is 2. The van der Waals surface area contributed by atoms with Crippen LogP contribution in [0.1, 0.15) is 0 Å². The van der Waals surface area contributed by atoms with Crippen LogP contribution in [0.4, 0.5) is 0 Å². The van der Waals surface area contributed by atoms with Crippen molar-refractivity contribution in [2.75, 3.05) is 7.05 Å². The van der Waals surface area contributed by atoms with Crippen LogP contribution in [0.15, 0.2) is 85.8 Å². The standard InChI is InChI=1S/C9H9N.C8H8N2.C4H6N2.C2H3N/c1-10-6-8-4-2-3-5-9(8)7-10;1-10-6-7-4-2-3-5-8(7)9-10;1-6-3-2-5-4-6;1-3-2/h2-7H,1H3;2-6H,1H3;2-4H,1H3;1H3.